The molecule has 0 aromatic rings. The van der Waals surface area contributed by atoms with E-state index in [0.29, 0.717) is 18.2 Å². The second-order valence-corrected chi connectivity index (χ2v) is 8.16. The minimum atomic E-state index is -2.86. The van der Waals surface area contributed by atoms with Gasteiger partial charge in [-0.3, -0.25) is 0 Å². The van der Waals surface area contributed by atoms with E-state index in [9.17, 15) is 8.42 Å². The fraction of sp³-hybridized carbons (Fsp3) is 1.00. The highest BCUT2D eigenvalue weighted by Gasteiger charge is 2.23. The number of rotatable bonds is 7. The van der Waals surface area contributed by atoms with Gasteiger partial charge in [-0.1, -0.05) is 19.8 Å². The van der Waals surface area contributed by atoms with Gasteiger partial charge in [-0.15, -0.1) is 0 Å². The van der Waals surface area contributed by atoms with E-state index in [1.807, 2.05) is 0 Å². The van der Waals surface area contributed by atoms with E-state index in [1.54, 1.807) is 0 Å². The van der Waals surface area contributed by atoms with Gasteiger partial charge >= 0.3 is 0 Å². The normalized spacial score (nSPS) is 18.8. The first-order valence-corrected chi connectivity index (χ1v) is 8.62. The van der Waals surface area contributed by atoms with Gasteiger partial charge < -0.3 is 5.32 Å². The van der Waals surface area contributed by atoms with Crippen molar-refractivity contribution in [3.63, 3.8) is 0 Å². The summed E-state index contributed by atoms with van der Waals surface area (Å²) in [5.41, 5.74) is 0.0445. The molecule has 1 N–H and O–H groups in total. The van der Waals surface area contributed by atoms with Crippen LogP contribution in [0.3, 0.4) is 0 Å². The maximum absolute atomic E-state index is 11.9. The molecule has 0 atom stereocenters. The van der Waals surface area contributed by atoms with Crippen LogP contribution >= 0.6 is 0 Å². The molecule has 0 aromatic heterocycles. The molecule has 1 aliphatic rings. The van der Waals surface area contributed by atoms with Crippen molar-refractivity contribution in [1.29, 1.82) is 0 Å². The average Bonchev–Trinajstić information content (AvgIpc) is 2.69. The smallest absolute Gasteiger partial charge is 0.151 e. The minimum absolute atomic E-state index is 0.0445. The molecule has 1 rings (SSSR count). The van der Waals surface area contributed by atoms with Crippen molar-refractivity contribution in [1.82, 2.24) is 5.32 Å². The lowest BCUT2D eigenvalue weighted by atomic mass is 10.0. The van der Waals surface area contributed by atoms with E-state index in [1.165, 1.54) is 12.8 Å². The van der Waals surface area contributed by atoms with E-state index in [-0.39, 0.29) is 11.3 Å². The molecule has 0 aromatic carbocycles. The summed E-state index contributed by atoms with van der Waals surface area (Å²) < 4.78 is 23.8. The molecule has 0 unspecified atom stereocenters. The molecular formula is C13H27NO2S. The van der Waals surface area contributed by atoms with Crippen molar-refractivity contribution in [2.24, 2.45) is 5.92 Å². The van der Waals surface area contributed by atoms with Gasteiger partial charge in [0.2, 0.25) is 0 Å². The second kappa shape index (κ2) is 6.19. The van der Waals surface area contributed by atoms with Crippen LogP contribution in [0.25, 0.3) is 0 Å². The lowest BCUT2D eigenvalue weighted by molar-refractivity contribution is 0.386. The molecule has 0 bridgehead atoms. The standard InChI is InChI=1S/C13H27NO2S/c1-4-13(2,3)14-9-10-17(15,16)11-12-7-5-6-8-12/h12,14H,4-11H2,1-3H3. The first kappa shape index (κ1) is 15.0. The predicted molar refractivity (Wildman–Crippen MR) is 73.0 cm³/mol. The number of hydrogen-bond acceptors (Lipinski definition) is 3. The van der Waals surface area contributed by atoms with Crippen LogP contribution in [0, 0.1) is 5.92 Å². The van der Waals surface area contributed by atoms with Crippen LogP contribution in [0.5, 0.6) is 0 Å². The molecule has 0 spiro atoms. The van der Waals surface area contributed by atoms with Crippen LogP contribution in [-0.2, 0) is 9.84 Å². The van der Waals surface area contributed by atoms with Crippen LogP contribution in [0.15, 0.2) is 0 Å². The summed E-state index contributed by atoms with van der Waals surface area (Å²) in [6.45, 7) is 6.91. The predicted octanol–water partition coefficient (Wildman–Crippen LogP) is 2.37. The number of hydrogen-bond donors (Lipinski definition) is 1. The highest BCUT2D eigenvalue weighted by atomic mass is 32.2. The lowest BCUT2D eigenvalue weighted by Gasteiger charge is -2.24. The van der Waals surface area contributed by atoms with Crippen molar-refractivity contribution in [2.45, 2.75) is 58.4 Å². The Kier molecular flexibility index (Phi) is 5.45. The highest BCUT2D eigenvalue weighted by molar-refractivity contribution is 7.91. The van der Waals surface area contributed by atoms with Gasteiger partial charge in [-0.05, 0) is 39.0 Å². The SMILES string of the molecule is CCC(C)(C)NCCS(=O)(=O)CC1CCCC1. The molecule has 17 heavy (non-hydrogen) atoms. The molecular weight excluding hydrogens is 234 g/mol. The second-order valence-electron chi connectivity index (χ2n) is 5.93. The molecule has 1 saturated carbocycles. The molecule has 1 aliphatic carbocycles. The third-order valence-electron chi connectivity index (χ3n) is 3.86. The van der Waals surface area contributed by atoms with Gasteiger partial charge in [-0.25, -0.2) is 8.42 Å². The molecule has 0 amide bonds. The molecule has 0 saturated heterocycles. The zero-order chi connectivity index (χ0) is 12.9. The number of sulfone groups is 1. The van der Waals surface area contributed by atoms with Crippen molar-refractivity contribution < 1.29 is 8.42 Å². The minimum Gasteiger partial charge on any atom is -0.311 e. The van der Waals surface area contributed by atoms with Crippen molar-refractivity contribution >= 4 is 9.84 Å². The average molecular weight is 261 g/mol. The molecule has 0 heterocycles. The molecule has 0 aliphatic heterocycles. The summed E-state index contributed by atoms with van der Waals surface area (Å²) in [4.78, 5) is 0. The van der Waals surface area contributed by atoms with Crippen LogP contribution in [0.1, 0.15) is 52.9 Å². The first-order valence-electron chi connectivity index (χ1n) is 6.80. The third-order valence-corrected chi connectivity index (χ3v) is 5.67. The van der Waals surface area contributed by atoms with E-state index < -0.39 is 9.84 Å². The monoisotopic (exact) mass is 261 g/mol. The van der Waals surface area contributed by atoms with Crippen molar-refractivity contribution in [2.75, 3.05) is 18.1 Å². The fourth-order valence-electron chi connectivity index (χ4n) is 2.29. The van der Waals surface area contributed by atoms with E-state index in [0.717, 1.165) is 19.3 Å². The summed E-state index contributed by atoms with van der Waals surface area (Å²) in [6.07, 6.45) is 5.64. The first-order chi connectivity index (χ1) is 7.85. The maximum atomic E-state index is 11.9. The Morgan fingerprint density at radius 2 is 1.82 bits per heavy atom. The molecule has 1 fully saturated rings. The Morgan fingerprint density at radius 1 is 1.24 bits per heavy atom. The maximum Gasteiger partial charge on any atom is 0.151 e. The summed E-state index contributed by atoms with van der Waals surface area (Å²) in [7, 11) is -2.86. The van der Waals surface area contributed by atoms with E-state index >= 15 is 0 Å². The Balaban J connectivity index is 2.29. The Hall–Kier alpha value is -0.0900. The van der Waals surface area contributed by atoms with Crippen LogP contribution in [0.2, 0.25) is 0 Å². The fourth-order valence-corrected chi connectivity index (χ4v) is 3.92. The summed E-state index contributed by atoms with van der Waals surface area (Å²) in [5, 5.41) is 3.31. The third kappa shape index (κ3) is 5.87. The quantitative estimate of drug-likeness (QED) is 0.765. The van der Waals surface area contributed by atoms with Crippen LogP contribution in [0.4, 0.5) is 0 Å². The molecule has 4 heteroatoms. The summed E-state index contributed by atoms with van der Waals surface area (Å²) >= 11 is 0. The van der Waals surface area contributed by atoms with Gasteiger partial charge in [0.15, 0.2) is 9.84 Å². The largest absolute Gasteiger partial charge is 0.311 e. The lowest BCUT2D eigenvalue weighted by Crippen LogP contribution is -2.41. The van der Waals surface area contributed by atoms with E-state index in [4.69, 9.17) is 0 Å². The molecule has 0 radical (unpaired) electrons. The van der Waals surface area contributed by atoms with Crippen LogP contribution in [-0.4, -0.2) is 32.0 Å². The topological polar surface area (TPSA) is 46.2 Å². The molecule has 102 valence electrons. The summed E-state index contributed by atoms with van der Waals surface area (Å²) in [6, 6.07) is 0. The van der Waals surface area contributed by atoms with Gasteiger partial charge in [0.1, 0.15) is 0 Å². The Labute approximate surface area is 106 Å². The zero-order valence-electron chi connectivity index (χ0n) is 11.5. The molecule has 3 nitrogen and oxygen atoms in total. The van der Waals surface area contributed by atoms with Gasteiger partial charge in [-0.2, -0.15) is 0 Å². The zero-order valence-corrected chi connectivity index (χ0v) is 12.3. The van der Waals surface area contributed by atoms with Gasteiger partial charge in [0.25, 0.3) is 0 Å². The van der Waals surface area contributed by atoms with Crippen molar-refractivity contribution in [3.8, 4) is 0 Å². The highest BCUT2D eigenvalue weighted by Crippen LogP contribution is 2.26. The van der Waals surface area contributed by atoms with Crippen molar-refractivity contribution in [3.05, 3.63) is 0 Å². The van der Waals surface area contributed by atoms with Gasteiger partial charge in [0, 0.05) is 12.1 Å². The van der Waals surface area contributed by atoms with Crippen LogP contribution < -0.4 is 5.32 Å². The Morgan fingerprint density at radius 3 is 2.35 bits per heavy atom. The van der Waals surface area contributed by atoms with Gasteiger partial charge in [0.05, 0.1) is 11.5 Å². The number of nitrogens with one attached hydrogen (secondary N) is 1. The Bertz CT molecular complexity index is 316. The summed E-state index contributed by atoms with van der Waals surface area (Å²) in [5.74, 6) is 1.12. The van der Waals surface area contributed by atoms with E-state index in [2.05, 4.69) is 26.1 Å².